The lowest BCUT2D eigenvalue weighted by Gasteiger charge is -2.21. The molecule has 0 aliphatic heterocycles. The fourth-order valence-corrected chi connectivity index (χ4v) is 2.25. The number of Topliss-reactive ketones (excluding diaryl/α,β-unsaturated/α-hetero) is 1. The molecule has 0 spiro atoms. The van der Waals surface area contributed by atoms with Gasteiger partial charge in [0, 0.05) is 12.8 Å². The van der Waals surface area contributed by atoms with Crippen molar-refractivity contribution in [1.82, 2.24) is 0 Å². The van der Waals surface area contributed by atoms with Crippen molar-refractivity contribution in [3.63, 3.8) is 0 Å². The van der Waals surface area contributed by atoms with E-state index in [0.717, 1.165) is 0 Å². The van der Waals surface area contributed by atoms with Crippen molar-refractivity contribution in [3.05, 3.63) is 35.4 Å². The predicted molar refractivity (Wildman–Crippen MR) is 73.2 cm³/mol. The number of esters is 1. The van der Waals surface area contributed by atoms with Crippen LogP contribution in [-0.4, -0.2) is 17.9 Å². The maximum Gasteiger partial charge on any atom is 0.338 e. The largest absolute Gasteiger partial charge is 0.459 e. The number of ketones is 1. The molecule has 0 heterocycles. The molecule has 1 aliphatic rings. The van der Waals surface area contributed by atoms with E-state index in [1.807, 2.05) is 24.3 Å². The average molecular weight is 260 g/mol. The van der Waals surface area contributed by atoms with Crippen molar-refractivity contribution in [2.75, 3.05) is 0 Å². The highest BCUT2D eigenvalue weighted by molar-refractivity contribution is 5.89. The SMILES string of the molecule is CC(C)c1ccc(C(=O)OC2CCC(=O)CC2)cc1. The third kappa shape index (κ3) is 3.66. The van der Waals surface area contributed by atoms with E-state index >= 15 is 0 Å². The van der Waals surface area contributed by atoms with Crippen molar-refractivity contribution in [1.29, 1.82) is 0 Å². The zero-order valence-corrected chi connectivity index (χ0v) is 11.5. The van der Waals surface area contributed by atoms with Gasteiger partial charge in [0.15, 0.2) is 0 Å². The molecule has 0 amide bonds. The Hall–Kier alpha value is -1.64. The van der Waals surface area contributed by atoms with Gasteiger partial charge in [0.25, 0.3) is 0 Å². The van der Waals surface area contributed by atoms with Gasteiger partial charge < -0.3 is 4.74 Å². The Labute approximate surface area is 114 Å². The first-order chi connectivity index (χ1) is 9.06. The highest BCUT2D eigenvalue weighted by Crippen LogP contribution is 2.20. The van der Waals surface area contributed by atoms with Crippen LogP contribution in [-0.2, 0) is 9.53 Å². The first kappa shape index (κ1) is 13.8. The summed E-state index contributed by atoms with van der Waals surface area (Å²) >= 11 is 0. The first-order valence-corrected chi connectivity index (χ1v) is 6.89. The molecule has 102 valence electrons. The molecule has 19 heavy (non-hydrogen) atoms. The van der Waals surface area contributed by atoms with Gasteiger partial charge in [-0.2, -0.15) is 0 Å². The Morgan fingerprint density at radius 1 is 1.16 bits per heavy atom. The third-order valence-corrected chi connectivity index (χ3v) is 3.58. The van der Waals surface area contributed by atoms with Crippen LogP contribution in [0.1, 0.15) is 61.4 Å². The normalized spacial score (nSPS) is 16.7. The van der Waals surface area contributed by atoms with Crippen molar-refractivity contribution in [2.45, 2.75) is 51.6 Å². The molecule has 0 saturated heterocycles. The van der Waals surface area contributed by atoms with Gasteiger partial charge >= 0.3 is 5.97 Å². The molecule has 1 fully saturated rings. The molecule has 0 unspecified atom stereocenters. The third-order valence-electron chi connectivity index (χ3n) is 3.58. The summed E-state index contributed by atoms with van der Waals surface area (Å²) in [6, 6.07) is 7.55. The van der Waals surface area contributed by atoms with E-state index in [9.17, 15) is 9.59 Å². The van der Waals surface area contributed by atoms with Gasteiger partial charge in [-0.15, -0.1) is 0 Å². The minimum Gasteiger partial charge on any atom is -0.459 e. The maximum absolute atomic E-state index is 12.0. The average Bonchev–Trinajstić information content (AvgIpc) is 2.41. The van der Waals surface area contributed by atoms with Gasteiger partial charge in [-0.25, -0.2) is 4.79 Å². The highest BCUT2D eigenvalue weighted by atomic mass is 16.5. The van der Waals surface area contributed by atoms with Crippen LogP contribution in [0.4, 0.5) is 0 Å². The number of rotatable bonds is 3. The van der Waals surface area contributed by atoms with Crippen LogP contribution in [0, 0.1) is 0 Å². The zero-order chi connectivity index (χ0) is 13.8. The summed E-state index contributed by atoms with van der Waals surface area (Å²) in [7, 11) is 0. The molecule has 0 atom stereocenters. The lowest BCUT2D eigenvalue weighted by Crippen LogP contribution is -2.24. The Kier molecular flexibility index (Phi) is 4.35. The first-order valence-electron chi connectivity index (χ1n) is 6.89. The molecule has 0 radical (unpaired) electrons. The number of ether oxygens (including phenoxy) is 1. The van der Waals surface area contributed by atoms with E-state index in [1.54, 1.807) is 0 Å². The molecule has 2 rings (SSSR count). The van der Waals surface area contributed by atoms with Crippen molar-refractivity contribution >= 4 is 11.8 Å². The molecular formula is C16H20O3. The number of carbonyl (C=O) groups excluding carboxylic acids is 2. The number of hydrogen-bond acceptors (Lipinski definition) is 3. The fraction of sp³-hybridized carbons (Fsp3) is 0.500. The summed E-state index contributed by atoms with van der Waals surface area (Å²) < 4.78 is 5.43. The van der Waals surface area contributed by atoms with Gasteiger partial charge in [-0.1, -0.05) is 26.0 Å². The molecule has 0 bridgehead atoms. The molecule has 1 aliphatic carbocycles. The smallest absolute Gasteiger partial charge is 0.338 e. The molecule has 1 aromatic rings. The van der Waals surface area contributed by atoms with Crippen molar-refractivity contribution in [3.8, 4) is 0 Å². The number of benzene rings is 1. The van der Waals surface area contributed by atoms with Crippen LogP contribution in [0.25, 0.3) is 0 Å². The van der Waals surface area contributed by atoms with E-state index in [1.165, 1.54) is 5.56 Å². The second-order valence-electron chi connectivity index (χ2n) is 5.42. The van der Waals surface area contributed by atoms with Crippen LogP contribution in [0.3, 0.4) is 0 Å². The Balaban J connectivity index is 1.94. The highest BCUT2D eigenvalue weighted by Gasteiger charge is 2.22. The second kappa shape index (κ2) is 6.00. The standard InChI is InChI=1S/C16H20O3/c1-11(2)12-3-5-13(6-4-12)16(18)19-15-9-7-14(17)8-10-15/h3-6,11,15H,7-10H2,1-2H3. The maximum atomic E-state index is 12.0. The van der Waals surface area contributed by atoms with Gasteiger partial charge in [0.05, 0.1) is 5.56 Å². The van der Waals surface area contributed by atoms with E-state index in [-0.39, 0.29) is 17.9 Å². The summed E-state index contributed by atoms with van der Waals surface area (Å²) in [4.78, 5) is 23.1. The molecular weight excluding hydrogens is 240 g/mol. The van der Waals surface area contributed by atoms with Crippen molar-refractivity contribution < 1.29 is 14.3 Å². The van der Waals surface area contributed by atoms with E-state index in [0.29, 0.717) is 37.2 Å². The lowest BCUT2D eigenvalue weighted by atomic mass is 9.96. The Morgan fingerprint density at radius 3 is 2.26 bits per heavy atom. The number of carbonyl (C=O) groups is 2. The van der Waals surface area contributed by atoms with E-state index in [2.05, 4.69) is 13.8 Å². The monoisotopic (exact) mass is 260 g/mol. The molecule has 0 aromatic heterocycles. The molecule has 3 nitrogen and oxygen atoms in total. The van der Waals surface area contributed by atoms with Crippen LogP contribution in [0.15, 0.2) is 24.3 Å². The summed E-state index contributed by atoms with van der Waals surface area (Å²) in [6.45, 7) is 4.23. The summed E-state index contributed by atoms with van der Waals surface area (Å²) in [5.41, 5.74) is 1.79. The topological polar surface area (TPSA) is 43.4 Å². The van der Waals surface area contributed by atoms with Crippen molar-refractivity contribution in [2.24, 2.45) is 0 Å². The summed E-state index contributed by atoms with van der Waals surface area (Å²) in [6.07, 6.45) is 2.28. The fourth-order valence-electron chi connectivity index (χ4n) is 2.25. The lowest BCUT2D eigenvalue weighted by molar-refractivity contribution is -0.122. The Bertz CT molecular complexity index is 449. The van der Waals surface area contributed by atoms with Gasteiger partial charge in [-0.3, -0.25) is 4.79 Å². The second-order valence-corrected chi connectivity index (χ2v) is 5.42. The van der Waals surface area contributed by atoms with Gasteiger partial charge in [0.2, 0.25) is 0 Å². The van der Waals surface area contributed by atoms with Crippen LogP contribution >= 0.6 is 0 Å². The van der Waals surface area contributed by atoms with E-state index in [4.69, 9.17) is 4.74 Å². The Morgan fingerprint density at radius 2 is 1.74 bits per heavy atom. The molecule has 0 N–H and O–H groups in total. The molecule has 1 saturated carbocycles. The summed E-state index contributed by atoms with van der Waals surface area (Å²) in [5, 5.41) is 0. The quantitative estimate of drug-likeness (QED) is 0.781. The minimum atomic E-state index is -0.283. The van der Waals surface area contributed by atoms with Gasteiger partial charge in [-0.05, 0) is 36.5 Å². The zero-order valence-electron chi connectivity index (χ0n) is 11.5. The van der Waals surface area contributed by atoms with Crippen LogP contribution < -0.4 is 0 Å². The minimum absolute atomic E-state index is 0.102. The predicted octanol–water partition coefficient (Wildman–Crippen LogP) is 3.48. The molecule has 3 heteroatoms. The van der Waals surface area contributed by atoms with Gasteiger partial charge in [0.1, 0.15) is 11.9 Å². The number of hydrogen-bond donors (Lipinski definition) is 0. The van der Waals surface area contributed by atoms with Crippen LogP contribution in [0.2, 0.25) is 0 Å². The molecule has 1 aromatic carbocycles. The summed E-state index contributed by atoms with van der Waals surface area (Å²) in [5.74, 6) is 0.442. The van der Waals surface area contributed by atoms with Crippen LogP contribution in [0.5, 0.6) is 0 Å². The van der Waals surface area contributed by atoms with E-state index < -0.39 is 0 Å².